The highest BCUT2D eigenvalue weighted by Gasteiger charge is 2.20. The van der Waals surface area contributed by atoms with Crippen molar-refractivity contribution in [3.8, 4) is 0 Å². The van der Waals surface area contributed by atoms with Crippen LogP contribution in [0.25, 0.3) is 0 Å². The number of anilines is 1. The van der Waals surface area contributed by atoms with E-state index in [1.54, 1.807) is 6.20 Å². The highest BCUT2D eigenvalue weighted by atomic mass is 16.1. The van der Waals surface area contributed by atoms with Crippen molar-refractivity contribution in [3.63, 3.8) is 0 Å². The predicted octanol–water partition coefficient (Wildman–Crippen LogP) is 2.80. The molecule has 0 aliphatic carbocycles. The zero-order valence-corrected chi connectivity index (χ0v) is 12.8. The van der Waals surface area contributed by atoms with Crippen LogP contribution in [-0.4, -0.2) is 23.4 Å². The second kappa shape index (κ2) is 6.71. The Balaban J connectivity index is 1.69. The second-order valence-electron chi connectivity index (χ2n) is 5.62. The Morgan fingerprint density at radius 2 is 2.32 bits per heavy atom. The molecule has 1 aliphatic heterocycles. The van der Waals surface area contributed by atoms with Gasteiger partial charge in [0.25, 0.3) is 0 Å². The molecule has 114 valence electrons. The molecule has 0 amide bonds. The van der Waals surface area contributed by atoms with E-state index in [9.17, 15) is 4.79 Å². The Labute approximate surface area is 131 Å². The van der Waals surface area contributed by atoms with E-state index in [1.165, 1.54) is 5.56 Å². The van der Waals surface area contributed by atoms with Crippen molar-refractivity contribution in [2.75, 3.05) is 11.9 Å². The SMILES string of the molecule is CCC(NCc1cccnc1)C(=O)c1ccc2c(c1)CCN2. The van der Waals surface area contributed by atoms with Crippen molar-refractivity contribution >= 4 is 11.5 Å². The van der Waals surface area contributed by atoms with Crippen LogP contribution in [0.5, 0.6) is 0 Å². The first-order chi connectivity index (χ1) is 10.8. The van der Waals surface area contributed by atoms with Gasteiger partial charge in [-0.3, -0.25) is 9.78 Å². The van der Waals surface area contributed by atoms with Crippen LogP contribution in [0.2, 0.25) is 0 Å². The number of ketones is 1. The van der Waals surface area contributed by atoms with Gasteiger partial charge in [-0.1, -0.05) is 13.0 Å². The lowest BCUT2D eigenvalue weighted by molar-refractivity contribution is 0.0939. The molecule has 0 fully saturated rings. The van der Waals surface area contributed by atoms with Gasteiger partial charge in [0.2, 0.25) is 0 Å². The van der Waals surface area contributed by atoms with E-state index in [0.29, 0.717) is 6.54 Å². The van der Waals surface area contributed by atoms with Gasteiger partial charge in [-0.25, -0.2) is 0 Å². The quantitative estimate of drug-likeness (QED) is 0.805. The summed E-state index contributed by atoms with van der Waals surface area (Å²) in [5.74, 6) is 0.168. The molecule has 0 bridgehead atoms. The molecule has 22 heavy (non-hydrogen) atoms. The van der Waals surface area contributed by atoms with Gasteiger partial charge in [-0.15, -0.1) is 0 Å². The lowest BCUT2D eigenvalue weighted by Crippen LogP contribution is -2.35. The molecule has 4 nitrogen and oxygen atoms in total. The molecule has 1 unspecified atom stereocenters. The van der Waals surface area contributed by atoms with Gasteiger partial charge in [0.05, 0.1) is 6.04 Å². The molecule has 2 heterocycles. The topological polar surface area (TPSA) is 54.0 Å². The Kier molecular flexibility index (Phi) is 4.49. The Hall–Kier alpha value is -2.20. The Morgan fingerprint density at radius 3 is 3.09 bits per heavy atom. The van der Waals surface area contributed by atoms with Gasteiger partial charge in [0.15, 0.2) is 5.78 Å². The van der Waals surface area contributed by atoms with Crippen LogP contribution < -0.4 is 10.6 Å². The van der Waals surface area contributed by atoms with Crippen molar-refractivity contribution in [3.05, 3.63) is 59.4 Å². The van der Waals surface area contributed by atoms with Gasteiger partial charge in [-0.2, -0.15) is 0 Å². The number of nitrogens with one attached hydrogen (secondary N) is 2. The van der Waals surface area contributed by atoms with Crippen molar-refractivity contribution in [2.24, 2.45) is 0 Å². The minimum Gasteiger partial charge on any atom is -0.384 e. The van der Waals surface area contributed by atoms with Gasteiger partial charge in [0, 0.05) is 36.7 Å². The van der Waals surface area contributed by atoms with Crippen molar-refractivity contribution in [2.45, 2.75) is 32.4 Å². The number of aromatic nitrogens is 1. The van der Waals surface area contributed by atoms with E-state index in [0.717, 1.165) is 36.2 Å². The lowest BCUT2D eigenvalue weighted by Gasteiger charge is -2.16. The summed E-state index contributed by atoms with van der Waals surface area (Å²) in [5.41, 5.74) is 4.29. The lowest BCUT2D eigenvalue weighted by atomic mass is 9.99. The molecule has 0 saturated heterocycles. The third kappa shape index (κ3) is 3.17. The van der Waals surface area contributed by atoms with E-state index in [-0.39, 0.29) is 11.8 Å². The van der Waals surface area contributed by atoms with Crippen LogP contribution >= 0.6 is 0 Å². The maximum absolute atomic E-state index is 12.7. The summed E-state index contributed by atoms with van der Waals surface area (Å²) in [5, 5.41) is 6.67. The molecule has 1 aromatic carbocycles. The number of pyridine rings is 1. The van der Waals surface area contributed by atoms with E-state index in [1.807, 2.05) is 43.5 Å². The van der Waals surface area contributed by atoms with Crippen LogP contribution in [-0.2, 0) is 13.0 Å². The number of hydrogen-bond donors (Lipinski definition) is 2. The third-order valence-electron chi connectivity index (χ3n) is 4.10. The number of carbonyl (C=O) groups excluding carboxylic acids is 1. The van der Waals surface area contributed by atoms with Crippen LogP contribution in [0.4, 0.5) is 5.69 Å². The molecule has 1 aromatic heterocycles. The molecule has 2 N–H and O–H groups in total. The predicted molar refractivity (Wildman–Crippen MR) is 88.1 cm³/mol. The second-order valence-corrected chi connectivity index (χ2v) is 5.62. The molecule has 1 aliphatic rings. The first-order valence-electron chi connectivity index (χ1n) is 7.81. The fourth-order valence-electron chi connectivity index (χ4n) is 2.83. The average molecular weight is 295 g/mol. The maximum atomic E-state index is 12.7. The molecule has 2 aromatic rings. The van der Waals surface area contributed by atoms with E-state index in [2.05, 4.69) is 15.6 Å². The summed E-state index contributed by atoms with van der Waals surface area (Å²) in [6.45, 7) is 3.65. The van der Waals surface area contributed by atoms with E-state index < -0.39 is 0 Å². The number of benzene rings is 1. The molecule has 0 saturated carbocycles. The maximum Gasteiger partial charge on any atom is 0.179 e. The zero-order valence-electron chi connectivity index (χ0n) is 12.8. The number of hydrogen-bond acceptors (Lipinski definition) is 4. The average Bonchev–Trinajstić information content (AvgIpc) is 3.03. The summed E-state index contributed by atoms with van der Waals surface area (Å²) in [6.07, 6.45) is 5.35. The fourth-order valence-corrected chi connectivity index (χ4v) is 2.83. The molecule has 1 atom stereocenters. The summed E-state index contributed by atoms with van der Waals surface area (Å²) < 4.78 is 0. The Morgan fingerprint density at radius 1 is 1.41 bits per heavy atom. The molecule has 0 radical (unpaired) electrons. The number of carbonyl (C=O) groups is 1. The minimum absolute atomic E-state index is 0.160. The molecular weight excluding hydrogens is 274 g/mol. The van der Waals surface area contributed by atoms with Gasteiger partial charge in [-0.05, 0) is 48.2 Å². The Bertz CT molecular complexity index is 655. The van der Waals surface area contributed by atoms with Crippen LogP contribution in [0, 0.1) is 0 Å². The van der Waals surface area contributed by atoms with Crippen LogP contribution in [0.15, 0.2) is 42.7 Å². The first-order valence-corrected chi connectivity index (χ1v) is 7.81. The fraction of sp³-hybridized carbons (Fsp3) is 0.333. The minimum atomic E-state index is -0.160. The molecule has 0 spiro atoms. The molecular formula is C18H21N3O. The monoisotopic (exact) mass is 295 g/mol. The summed E-state index contributed by atoms with van der Waals surface area (Å²) in [4.78, 5) is 16.8. The normalized spacial score (nSPS) is 14.2. The summed E-state index contributed by atoms with van der Waals surface area (Å²) in [7, 11) is 0. The highest BCUT2D eigenvalue weighted by Crippen LogP contribution is 2.23. The van der Waals surface area contributed by atoms with Crippen LogP contribution in [0.3, 0.4) is 0 Å². The number of Topliss-reactive ketones (excluding diaryl/α,β-unsaturated/α-hetero) is 1. The van der Waals surface area contributed by atoms with Gasteiger partial charge in [0.1, 0.15) is 0 Å². The first kappa shape index (κ1) is 14.7. The molecule has 3 rings (SSSR count). The smallest absolute Gasteiger partial charge is 0.179 e. The van der Waals surface area contributed by atoms with Crippen LogP contribution in [0.1, 0.15) is 34.8 Å². The molecule has 4 heteroatoms. The van der Waals surface area contributed by atoms with Crippen molar-refractivity contribution < 1.29 is 4.79 Å². The zero-order chi connectivity index (χ0) is 15.4. The number of rotatable bonds is 6. The highest BCUT2D eigenvalue weighted by molar-refractivity contribution is 6.00. The van der Waals surface area contributed by atoms with E-state index >= 15 is 0 Å². The van der Waals surface area contributed by atoms with Crippen molar-refractivity contribution in [1.82, 2.24) is 10.3 Å². The number of nitrogens with zero attached hydrogens (tertiary/aromatic N) is 1. The van der Waals surface area contributed by atoms with Gasteiger partial charge >= 0.3 is 0 Å². The number of fused-ring (bicyclic) bond motifs is 1. The third-order valence-corrected chi connectivity index (χ3v) is 4.10. The summed E-state index contributed by atoms with van der Waals surface area (Å²) >= 11 is 0. The van der Waals surface area contributed by atoms with Crippen molar-refractivity contribution in [1.29, 1.82) is 0 Å². The largest absolute Gasteiger partial charge is 0.384 e. The van der Waals surface area contributed by atoms with Gasteiger partial charge < -0.3 is 10.6 Å². The standard InChI is InChI=1S/C18H21N3O/c1-2-16(21-12-13-4-3-8-19-11-13)18(22)15-5-6-17-14(10-15)7-9-20-17/h3-6,8,10-11,16,20-21H,2,7,9,12H2,1H3. The van der Waals surface area contributed by atoms with E-state index in [4.69, 9.17) is 0 Å². The summed E-state index contributed by atoms with van der Waals surface area (Å²) in [6, 6.07) is 9.74.